The number of aliphatic carboxylic acids is 1. The number of carbonyl (C=O) groups excluding carboxylic acids is 3. The minimum atomic E-state index is -1.23. The molecule has 1 unspecified atom stereocenters. The van der Waals surface area contributed by atoms with Crippen molar-refractivity contribution in [3.8, 4) is 0 Å². The molecule has 2 heterocycles. The van der Waals surface area contributed by atoms with Gasteiger partial charge in [-0.1, -0.05) is 12.1 Å². The summed E-state index contributed by atoms with van der Waals surface area (Å²) in [6.45, 7) is 1.56. The Morgan fingerprint density at radius 1 is 1.28 bits per heavy atom. The summed E-state index contributed by atoms with van der Waals surface area (Å²) in [5.41, 5.74) is -0.305. The van der Waals surface area contributed by atoms with Crippen molar-refractivity contribution < 1.29 is 29.0 Å². The smallest absolute Gasteiger partial charge is 0.332 e. The van der Waals surface area contributed by atoms with E-state index < -0.39 is 41.6 Å². The minimum absolute atomic E-state index is 0.276. The first-order valence-corrected chi connectivity index (χ1v) is 7.73. The van der Waals surface area contributed by atoms with E-state index in [1.165, 1.54) is 0 Å². The summed E-state index contributed by atoms with van der Waals surface area (Å²) in [6, 6.07) is 5.92. The molecule has 4 amide bonds. The van der Waals surface area contributed by atoms with Crippen LogP contribution in [0.25, 0.3) is 0 Å². The molecule has 0 bridgehead atoms. The van der Waals surface area contributed by atoms with Crippen LogP contribution in [0, 0.1) is 0 Å². The van der Waals surface area contributed by atoms with Gasteiger partial charge >= 0.3 is 12.0 Å². The largest absolute Gasteiger partial charge is 0.479 e. The number of carboxylic acids is 1. The van der Waals surface area contributed by atoms with Gasteiger partial charge in [0.25, 0.3) is 11.8 Å². The van der Waals surface area contributed by atoms with Gasteiger partial charge < -0.3 is 20.5 Å². The fraction of sp³-hybridized carbons (Fsp3) is 0.375. The molecule has 0 aliphatic carbocycles. The molecule has 3 atom stereocenters. The van der Waals surface area contributed by atoms with Crippen LogP contribution >= 0.6 is 0 Å². The van der Waals surface area contributed by atoms with Crippen molar-refractivity contribution in [3.05, 3.63) is 29.8 Å². The van der Waals surface area contributed by atoms with Crippen molar-refractivity contribution in [3.63, 3.8) is 0 Å². The van der Waals surface area contributed by atoms with Crippen LogP contribution in [0.2, 0.25) is 0 Å². The van der Waals surface area contributed by atoms with Crippen LogP contribution in [0.1, 0.15) is 25.3 Å². The van der Waals surface area contributed by atoms with E-state index >= 15 is 0 Å². The van der Waals surface area contributed by atoms with Gasteiger partial charge in [-0.25, -0.2) is 9.59 Å². The normalized spacial score (nSPS) is 28.4. The van der Waals surface area contributed by atoms with Gasteiger partial charge in [0.2, 0.25) is 0 Å². The van der Waals surface area contributed by atoms with E-state index in [2.05, 4.69) is 16.0 Å². The standard InChI is InChI=1S/C16H17N3O6/c1-16(14(23)18-15(24)19-16)8-3-2-4-9(7-8)17-12(20)10-5-6-11(25-10)13(21)22/h2-4,7,10-11H,5-6H2,1H3,(H,17,20)(H,21,22)(H2,18,19,23,24)/t10-,11+,16?/m0/s1. The van der Waals surface area contributed by atoms with E-state index in [4.69, 9.17) is 9.84 Å². The summed E-state index contributed by atoms with van der Waals surface area (Å²) in [6.07, 6.45) is -1.22. The zero-order chi connectivity index (χ0) is 18.2. The molecule has 25 heavy (non-hydrogen) atoms. The highest BCUT2D eigenvalue weighted by molar-refractivity contribution is 6.07. The lowest BCUT2D eigenvalue weighted by molar-refractivity contribution is -0.150. The Hall–Kier alpha value is -2.94. The van der Waals surface area contributed by atoms with Crippen molar-refractivity contribution in [2.24, 2.45) is 0 Å². The number of urea groups is 1. The van der Waals surface area contributed by atoms with Crippen molar-refractivity contribution in [2.75, 3.05) is 5.32 Å². The molecule has 132 valence electrons. The number of ether oxygens (including phenoxy) is 1. The number of amides is 4. The molecular formula is C16H17N3O6. The second-order valence-corrected chi connectivity index (χ2v) is 6.13. The Morgan fingerprint density at radius 3 is 2.60 bits per heavy atom. The first-order chi connectivity index (χ1) is 11.8. The lowest BCUT2D eigenvalue weighted by Crippen LogP contribution is -2.40. The fourth-order valence-electron chi connectivity index (χ4n) is 2.89. The molecule has 1 aromatic rings. The molecule has 2 fully saturated rings. The van der Waals surface area contributed by atoms with Crippen molar-refractivity contribution in [2.45, 2.75) is 37.5 Å². The molecule has 0 spiro atoms. The zero-order valence-corrected chi connectivity index (χ0v) is 13.4. The number of carboxylic acid groups (broad SMARTS) is 1. The van der Waals surface area contributed by atoms with E-state index in [1.54, 1.807) is 31.2 Å². The van der Waals surface area contributed by atoms with Gasteiger partial charge in [0.1, 0.15) is 11.6 Å². The van der Waals surface area contributed by atoms with Gasteiger partial charge in [0.05, 0.1) is 0 Å². The molecule has 9 nitrogen and oxygen atoms in total. The summed E-state index contributed by atoms with van der Waals surface area (Å²) in [5, 5.41) is 16.3. The number of anilines is 1. The predicted octanol–water partition coefficient (Wildman–Crippen LogP) is 0.312. The van der Waals surface area contributed by atoms with Crippen LogP contribution in [-0.4, -0.2) is 41.1 Å². The summed E-state index contributed by atoms with van der Waals surface area (Å²) in [4.78, 5) is 46.5. The van der Waals surface area contributed by atoms with Crippen molar-refractivity contribution >= 4 is 29.5 Å². The first kappa shape index (κ1) is 16.9. The fourth-order valence-corrected chi connectivity index (χ4v) is 2.89. The first-order valence-electron chi connectivity index (χ1n) is 7.73. The van der Waals surface area contributed by atoms with Gasteiger partial charge in [-0.15, -0.1) is 0 Å². The molecule has 4 N–H and O–H groups in total. The monoisotopic (exact) mass is 347 g/mol. The summed E-state index contributed by atoms with van der Waals surface area (Å²) >= 11 is 0. The van der Waals surface area contributed by atoms with Crippen LogP contribution in [0.15, 0.2) is 24.3 Å². The van der Waals surface area contributed by atoms with E-state index in [0.29, 0.717) is 17.7 Å². The number of hydrogen-bond donors (Lipinski definition) is 4. The highest BCUT2D eigenvalue weighted by Gasteiger charge is 2.43. The van der Waals surface area contributed by atoms with Crippen LogP contribution in [0.4, 0.5) is 10.5 Å². The van der Waals surface area contributed by atoms with Gasteiger partial charge in [-0.3, -0.25) is 14.9 Å². The predicted molar refractivity (Wildman–Crippen MR) is 84.6 cm³/mol. The van der Waals surface area contributed by atoms with E-state index in [9.17, 15) is 19.2 Å². The summed E-state index contributed by atoms with van der Waals surface area (Å²) in [5.74, 6) is -2.02. The van der Waals surface area contributed by atoms with Gasteiger partial charge in [0, 0.05) is 5.69 Å². The molecule has 1 aromatic carbocycles. The second kappa shape index (κ2) is 6.17. The van der Waals surface area contributed by atoms with Crippen molar-refractivity contribution in [1.82, 2.24) is 10.6 Å². The molecule has 0 saturated carbocycles. The lowest BCUT2D eigenvalue weighted by Gasteiger charge is -2.22. The average molecular weight is 347 g/mol. The second-order valence-electron chi connectivity index (χ2n) is 6.13. The molecular weight excluding hydrogens is 330 g/mol. The van der Waals surface area contributed by atoms with Crippen LogP contribution in [-0.2, 0) is 24.7 Å². The third kappa shape index (κ3) is 3.18. The van der Waals surface area contributed by atoms with Gasteiger partial charge in [0.15, 0.2) is 6.10 Å². The highest BCUT2D eigenvalue weighted by Crippen LogP contribution is 2.27. The Labute approximate surface area is 142 Å². The number of nitrogens with one attached hydrogen (secondary N) is 3. The van der Waals surface area contributed by atoms with E-state index in [-0.39, 0.29) is 6.42 Å². The average Bonchev–Trinajstić information content (AvgIpc) is 3.14. The van der Waals surface area contributed by atoms with E-state index in [0.717, 1.165) is 0 Å². The summed E-state index contributed by atoms with van der Waals surface area (Å²) in [7, 11) is 0. The number of benzene rings is 1. The molecule has 9 heteroatoms. The SMILES string of the molecule is CC1(c2cccc(NC(=O)[C@@H]3CC[C@H](C(=O)O)O3)c2)NC(=O)NC1=O. The Morgan fingerprint density at radius 2 is 2.00 bits per heavy atom. The van der Waals surface area contributed by atoms with Gasteiger partial charge in [-0.05, 0) is 37.5 Å². The maximum absolute atomic E-state index is 12.2. The maximum Gasteiger partial charge on any atom is 0.332 e. The number of hydrogen-bond acceptors (Lipinski definition) is 5. The third-order valence-corrected chi connectivity index (χ3v) is 4.34. The number of rotatable bonds is 4. The molecule has 2 aliphatic heterocycles. The number of imide groups is 1. The Kier molecular flexibility index (Phi) is 4.17. The Balaban J connectivity index is 1.72. The topological polar surface area (TPSA) is 134 Å². The van der Waals surface area contributed by atoms with Crippen LogP contribution in [0.3, 0.4) is 0 Å². The molecule has 2 saturated heterocycles. The minimum Gasteiger partial charge on any atom is -0.479 e. The molecule has 0 radical (unpaired) electrons. The third-order valence-electron chi connectivity index (χ3n) is 4.34. The number of carbonyl (C=O) groups is 4. The van der Waals surface area contributed by atoms with Crippen LogP contribution in [0.5, 0.6) is 0 Å². The quantitative estimate of drug-likeness (QED) is 0.579. The maximum atomic E-state index is 12.2. The molecule has 0 aromatic heterocycles. The van der Waals surface area contributed by atoms with Crippen molar-refractivity contribution in [1.29, 1.82) is 0 Å². The molecule has 3 rings (SSSR count). The van der Waals surface area contributed by atoms with E-state index in [1.807, 2.05) is 0 Å². The lowest BCUT2D eigenvalue weighted by atomic mass is 9.92. The summed E-state index contributed by atoms with van der Waals surface area (Å²) < 4.78 is 5.21. The highest BCUT2D eigenvalue weighted by atomic mass is 16.5. The Bertz CT molecular complexity index is 764. The van der Waals surface area contributed by atoms with Crippen LogP contribution < -0.4 is 16.0 Å². The van der Waals surface area contributed by atoms with Gasteiger partial charge in [-0.2, -0.15) is 0 Å². The zero-order valence-electron chi connectivity index (χ0n) is 13.4. The molecule has 2 aliphatic rings.